The van der Waals surface area contributed by atoms with Gasteiger partial charge < -0.3 is 15.3 Å². The number of carbonyl (C=O) groups is 1. The number of amides is 1. The van der Waals surface area contributed by atoms with E-state index >= 15 is 0 Å². The normalized spacial score (nSPS) is 29.8. The number of aryl methyl sites for hydroxylation is 2. The third-order valence-corrected chi connectivity index (χ3v) is 6.53. The Morgan fingerprint density at radius 3 is 2.73 bits per heavy atom. The molecule has 142 valence electrons. The zero-order valence-corrected chi connectivity index (χ0v) is 15.7. The number of aliphatic hydroxyl groups is 1. The number of nitrogens with zero attached hydrogens (tertiary/aromatic N) is 4. The van der Waals surface area contributed by atoms with Crippen molar-refractivity contribution in [2.24, 2.45) is 17.8 Å². The monoisotopic (exact) mass is 359 g/mol. The lowest BCUT2D eigenvalue weighted by Gasteiger charge is -2.43. The van der Waals surface area contributed by atoms with Crippen LogP contribution in [0.2, 0.25) is 0 Å². The number of fused-ring (bicyclic) bond motifs is 1. The van der Waals surface area contributed by atoms with E-state index in [-0.39, 0.29) is 5.91 Å². The summed E-state index contributed by atoms with van der Waals surface area (Å²) in [5.41, 5.74) is 0.791. The van der Waals surface area contributed by atoms with Gasteiger partial charge >= 0.3 is 0 Å². The van der Waals surface area contributed by atoms with Crippen LogP contribution in [0.4, 0.5) is 5.95 Å². The van der Waals surface area contributed by atoms with Crippen LogP contribution in [0, 0.1) is 31.6 Å². The standard InChI is InChI=1S/C19H29N5O2/c1-12-13(2)22-23-18(21-12)24-8-5-15-9-14(3-4-16(15)11-24)10-20-17(25)19(26)6-7-19/h14-16,26H,3-11H2,1-2H3,(H,20,25). The summed E-state index contributed by atoms with van der Waals surface area (Å²) in [5.74, 6) is 2.51. The Labute approximate surface area is 154 Å². The summed E-state index contributed by atoms with van der Waals surface area (Å²) in [7, 11) is 0. The maximum atomic E-state index is 11.9. The molecule has 2 heterocycles. The Kier molecular flexibility index (Phi) is 4.59. The Morgan fingerprint density at radius 1 is 1.19 bits per heavy atom. The average Bonchev–Trinajstić information content (AvgIpc) is 3.40. The molecule has 4 rings (SSSR count). The van der Waals surface area contributed by atoms with E-state index in [0.29, 0.717) is 37.1 Å². The van der Waals surface area contributed by atoms with Crippen LogP contribution in [0.5, 0.6) is 0 Å². The van der Waals surface area contributed by atoms with Crippen molar-refractivity contribution in [3.63, 3.8) is 0 Å². The fourth-order valence-corrected chi connectivity index (χ4v) is 4.41. The molecule has 0 radical (unpaired) electrons. The molecule has 26 heavy (non-hydrogen) atoms. The van der Waals surface area contributed by atoms with Crippen molar-refractivity contribution in [2.45, 2.75) is 58.0 Å². The fraction of sp³-hybridized carbons (Fsp3) is 0.789. The second kappa shape index (κ2) is 6.76. The molecule has 2 N–H and O–H groups in total. The molecule has 0 bridgehead atoms. The highest BCUT2D eigenvalue weighted by molar-refractivity contribution is 5.87. The lowest BCUT2D eigenvalue weighted by molar-refractivity contribution is -0.131. The molecule has 1 aromatic rings. The van der Waals surface area contributed by atoms with Crippen LogP contribution in [0.1, 0.15) is 49.9 Å². The van der Waals surface area contributed by atoms with Crippen LogP contribution >= 0.6 is 0 Å². The van der Waals surface area contributed by atoms with Gasteiger partial charge in [-0.1, -0.05) is 0 Å². The second-order valence-electron chi connectivity index (χ2n) is 8.46. The first kappa shape index (κ1) is 17.6. The SMILES string of the molecule is Cc1nnc(N2CCC3CC(CNC(=O)C4(O)CC4)CCC3C2)nc1C. The Balaban J connectivity index is 1.29. The average molecular weight is 359 g/mol. The smallest absolute Gasteiger partial charge is 0.251 e. The zero-order valence-electron chi connectivity index (χ0n) is 15.7. The molecule has 3 fully saturated rings. The topological polar surface area (TPSA) is 91.2 Å². The molecule has 3 atom stereocenters. The van der Waals surface area contributed by atoms with Gasteiger partial charge in [-0.3, -0.25) is 4.79 Å². The molecule has 7 nitrogen and oxygen atoms in total. The third-order valence-electron chi connectivity index (χ3n) is 6.53. The van der Waals surface area contributed by atoms with E-state index in [0.717, 1.165) is 43.3 Å². The fourth-order valence-electron chi connectivity index (χ4n) is 4.41. The quantitative estimate of drug-likeness (QED) is 0.844. The molecule has 3 unspecified atom stereocenters. The van der Waals surface area contributed by atoms with Crippen LogP contribution in [0.3, 0.4) is 0 Å². The highest BCUT2D eigenvalue weighted by Gasteiger charge is 2.48. The van der Waals surface area contributed by atoms with Crippen LogP contribution in [0.15, 0.2) is 0 Å². The molecule has 7 heteroatoms. The molecule has 1 amide bonds. The number of hydrogen-bond acceptors (Lipinski definition) is 6. The van der Waals surface area contributed by atoms with E-state index in [4.69, 9.17) is 0 Å². The molecule has 0 aromatic carbocycles. The van der Waals surface area contributed by atoms with Gasteiger partial charge in [-0.25, -0.2) is 4.98 Å². The van der Waals surface area contributed by atoms with Gasteiger partial charge in [0.05, 0.1) is 11.4 Å². The largest absolute Gasteiger partial charge is 0.380 e. The summed E-state index contributed by atoms with van der Waals surface area (Å²) in [5, 5.41) is 21.3. The van der Waals surface area contributed by atoms with Crippen molar-refractivity contribution in [1.82, 2.24) is 20.5 Å². The van der Waals surface area contributed by atoms with Crippen molar-refractivity contribution in [1.29, 1.82) is 0 Å². The third kappa shape index (κ3) is 3.54. The van der Waals surface area contributed by atoms with Gasteiger partial charge in [-0.05, 0) is 70.1 Å². The number of aromatic nitrogens is 3. The maximum absolute atomic E-state index is 11.9. The van der Waals surface area contributed by atoms with E-state index < -0.39 is 5.60 Å². The Hall–Kier alpha value is -1.76. The predicted octanol–water partition coefficient (Wildman–Crippen LogP) is 1.37. The van der Waals surface area contributed by atoms with Crippen molar-refractivity contribution in [3.8, 4) is 0 Å². The zero-order chi connectivity index (χ0) is 18.3. The molecule has 1 saturated heterocycles. The first-order valence-electron chi connectivity index (χ1n) is 9.88. The number of hydrogen-bond donors (Lipinski definition) is 2. The van der Waals surface area contributed by atoms with Gasteiger partial charge in [-0.2, -0.15) is 5.10 Å². The van der Waals surface area contributed by atoms with Crippen molar-refractivity contribution in [3.05, 3.63) is 11.4 Å². The van der Waals surface area contributed by atoms with Crippen molar-refractivity contribution < 1.29 is 9.90 Å². The second-order valence-corrected chi connectivity index (χ2v) is 8.46. The highest BCUT2D eigenvalue weighted by atomic mass is 16.3. The highest BCUT2D eigenvalue weighted by Crippen LogP contribution is 2.40. The first-order chi connectivity index (χ1) is 12.4. The molecule has 3 aliphatic rings. The number of anilines is 1. The summed E-state index contributed by atoms with van der Waals surface area (Å²) in [4.78, 5) is 18.8. The molecule has 2 saturated carbocycles. The van der Waals surface area contributed by atoms with Gasteiger partial charge in [0.2, 0.25) is 5.95 Å². The van der Waals surface area contributed by atoms with Crippen LogP contribution in [-0.2, 0) is 4.79 Å². The summed E-state index contributed by atoms with van der Waals surface area (Å²) in [6.07, 6.45) is 5.86. The van der Waals surface area contributed by atoms with Crippen LogP contribution < -0.4 is 10.2 Å². The predicted molar refractivity (Wildman–Crippen MR) is 97.6 cm³/mol. The van der Waals surface area contributed by atoms with Gasteiger partial charge in [0, 0.05) is 19.6 Å². The van der Waals surface area contributed by atoms with E-state index in [9.17, 15) is 9.90 Å². The number of nitrogens with one attached hydrogen (secondary N) is 1. The van der Waals surface area contributed by atoms with E-state index in [2.05, 4.69) is 25.4 Å². The summed E-state index contributed by atoms with van der Waals surface area (Å²) < 4.78 is 0. The number of rotatable bonds is 4. The minimum Gasteiger partial charge on any atom is -0.380 e. The van der Waals surface area contributed by atoms with E-state index in [1.165, 1.54) is 12.8 Å². The van der Waals surface area contributed by atoms with E-state index in [1.807, 2.05) is 13.8 Å². The molecule has 1 aromatic heterocycles. The minimum atomic E-state index is -1.05. The van der Waals surface area contributed by atoms with Crippen LogP contribution in [-0.4, -0.2) is 51.4 Å². The van der Waals surface area contributed by atoms with Gasteiger partial charge in [0.25, 0.3) is 5.91 Å². The number of piperidine rings is 1. The molecule has 1 aliphatic heterocycles. The van der Waals surface area contributed by atoms with Crippen molar-refractivity contribution >= 4 is 11.9 Å². The van der Waals surface area contributed by atoms with Gasteiger partial charge in [0.1, 0.15) is 5.60 Å². The lowest BCUT2D eigenvalue weighted by Crippen LogP contribution is -2.46. The minimum absolute atomic E-state index is 0.172. The summed E-state index contributed by atoms with van der Waals surface area (Å²) in [6, 6.07) is 0. The molecule has 0 spiro atoms. The lowest BCUT2D eigenvalue weighted by atomic mass is 9.71. The van der Waals surface area contributed by atoms with Gasteiger partial charge in [0.15, 0.2) is 0 Å². The number of carbonyl (C=O) groups excluding carboxylic acids is 1. The van der Waals surface area contributed by atoms with Gasteiger partial charge in [-0.15, -0.1) is 5.10 Å². The first-order valence-corrected chi connectivity index (χ1v) is 9.88. The van der Waals surface area contributed by atoms with Crippen molar-refractivity contribution in [2.75, 3.05) is 24.5 Å². The van der Waals surface area contributed by atoms with Crippen LogP contribution in [0.25, 0.3) is 0 Å². The Morgan fingerprint density at radius 2 is 2.00 bits per heavy atom. The molecular weight excluding hydrogens is 330 g/mol. The molecule has 2 aliphatic carbocycles. The Bertz CT molecular complexity index is 691. The summed E-state index contributed by atoms with van der Waals surface area (Å²) in [6.45, 7) is 6.61. The summed E-state index contributed by atoms with van der Waals surface area (Å²) >= 11 is 0. The van der Waals surface area contributed by atoms with E-state index in [1.54, 1.807) is 0 Å². The maximum Gasteiger partial charge on any atom is 0.251 e. The molecular formula is C19H29N5O2.